The molecule has 1 saturated carbocycles. The van der Waals surface area contributed by atoms with Crippen LogP contribution in [0.1, 0.15) is 63.9 Å². The van der Waals surface area contributed by atoms with Crippen molar-refractivity contribution in [3.8, 4) is 11.5 Å². The Morgan fingerprint density at radius 2 is 2.00 bits per heavy atom. The summed E-state index contributed by atoms with van der Waals surface area (Å²) in [6.45, 7) is 2.26. The maximum atomic E-state index is 12.3. The zero-order valence-corrected chi connectivity index (χ0v) is 17.5. The molecule has 1 saturated heterocycles. The highest BCUT2D eigenvalue weighted by Gasteiger charge is 2.25. The lowest BCUT2D eigenvalue weighted by molar-refractivity contribution is -0.134. The minimum atomic E-state index is -0.411. The van der Waals surface area contributed by atoms with E-state index in [1.165, 1.54) is 32.1 Å². The summed E-state index contributed by atoms with van der Waals surface area (Å²) >= 11 is 0.859. The van der Waals surface area contributed by atoms with Crippen LogP contribution >= 0.6 is 11.8 Å². The fraction of sp³-hybridized carbons (Fsp3) is 0.500. The van der Waals surface area contributed by atoms with Gasteiger partial charge >= 0.3 is 5.97 Å². The summed E-state index contributed by atoms with van der Waals surface area (Å²) in [7, 11) is 0. The van der Waals surface area contributed by atoms with Gasteiger partial charge in [-0.3, -0.25) is 19.7 Å². The maximum absolute atomic E-state index is 12.3. The lowest BCUT2D eigenvalue weighted by atomic mass is 9.86. The van der Waals surface area contributed by atoms with Gasteiger partial charge in [-0.1, -0.05) is 38.2 Å². The van der Waals surface area contributed by atoms with Gasteiger partial charge in [-0.05, 0) is 61.2 Å². The third kappa shape index (κ3) is 6.35. The first-order chi connectivity index (χ1) is 14.0. The molecule has 0 bridgehead atoms. The standard InChI is InChI=1S/C22H27NO5S/c1-2-27-18-13-16(14-19-21(25)23-22(26)29-19)11-12-17(18)28-20(24)10-6-9-15-7-4-3-5-8-15/h11-15H,2-10H2,1H3,(H,23,25,26). The summed E-state index contributed by atoms with van der Waals surface area (Å²) in [5.74, 6) is 0.893. The maximum Gasteiger partial charge on any atom is 0.311 e. The molecule has 3 rings (SSSR count). The minimum absolute atomic E-state index is 0.260. The van der Waals surface area contributed by atoms with Crippen LogP contribution < -0.4 is 14.8 Å². The molecule has 1 N–H and O–H groups in total. The van der Waals surface area contributed by atoms with Crippen LogP contribution in [-0.2, 0) is 9.59 Å². The first-order valence-electron chi connectivity index (χ1n) is 10.3. The topological polar surface area (TPSA) is 81.7 Å². The van der Waals surface area contributed by atoms with Crippen LogP contribution in [0, 0.1) is 5.92 Å². The van der Waals surface area contributed by atoms with Gasteiger partial charge in [0.1, 0.15) is 0 Å². The van der Waals surface area contributed by atoms with Gasteiger partial charge in [-0.25, -0.2) is 0 Å². The molecular formula is C22H27NO5S. The number of thioether (sulfide) groups is 1. The van der Waals surface area contributed by atoms with Crippen molar-refractivity contribution in [2.45, 2.75) is 58.3 Å². The predicted molar refractivity (Wildman–Crippen MR) is 113 cm³/mol. The van der Waals surface area contributed by atoms with Crippen molar-refractivity contribution < 1.29 is 23.9 Å². The van der Waals surface area contributed by atoms with E-state index in [0.717, 1.165) is 30.5 Å². The number of hydrogen-bond donors (Lipinski definition) is 1. The Morgan fingerprint density at radius 3 is 2.69 bits per heavy atom. The highest BCUT2D eigenvalue weighted by molar-refractivity contribution is 8.18. The van der Waals surface area contributed by atoms with Crippen molar-refractivity contribution in [1.29, 1.82) is 0 Å². The van der Waals surface area contributed by atoms with Gasteiger partial charge in [0, 0.05) is 6.42 Å². The molecule has 1 aliphatic carbocycles. The van der Waals surface area contributed by atoms with E-state index in [2.05, 4.69) is 5.32 Å². The molecule has 29 heavy (non-hydrogen) atoms. The van der Waals surface area contributed by atoms with Crippen LogP contribution in [0.3, 0.4) is 0 Å². The Balaban J connectivity index is 1.59. The highest BCUT2D eigenvalue weighted by atomic mass is 32.2. The SMILES string of the molecule is CCOc1cc(C=C2SC(=O)NC2=O)ccc1OC(=O)CCCC1CCCCC1. The first-order valence-corrected chi connectivity index (χ1v) is 11.1. The van der Waals surface area contributed by atoms with E-state index in [0.29, 0.717) is 35.0 Å². The van der Waals surface area contributed by atoms with Gasteiger partial charge in [0.25, 0.3) is 11.1 Å². The molecule has 0 radical (unpaired) electrons. The molecule has 2 aliphatic rings. The molecule has 1 heterocycles. The molecule has 0 aromatic heterocycles. The van der Waals surface area contributed by atoms with E-state index in [-0.39, 0.29) is 11.2 Å². The third-order valence-electron chi connectivity index (χ3n) is 5.15. The van der Waals surface area contributed by atoms with E-state index in [4.69, 9.17) is 9.47 Å². The summed E-state index contributed by atoms with van der Waals surface area (Å²) in [5, 5.41) is 1.84. The Kier molecular flexibility index (Phi) is 7.75. The summed E-state index contributed by atoms with van der Waals surface area (Å²) in [4.78, 5) is 35.6. The minimum Gasteiger partial charge on any atom is -0.490 e. The molecule has 2 amide bonds. The summed E-state index contributed by atoms with van der Waals surface area (Å²) in [6, 6.07) is 5.10. The second-order valence-electron chi connectivity index (χ2n) is 7.36. The van der Waals surface area contributed by atoms with E-state index < -0.39 is 5.91 Å². The van der Waals surface area contributed by atoms with Crippen molar-refractivity contribution in [2.75, 3.05) is 6.61 Å². The van der Waals surface area contributed by atoms with Gasteiger partial charge in [0.05, 0.1) is 11.5 Å². The quantitative estimate of drug-likeness (QED) is 0.361. The largest absolute Gasteiger partial charge is 0.490 e. The van der Waals surface area contributed by atoms with Crippen LogP contribution in [0.2, 0.25) is 0 Å². The molecule has 156 valence electrons. The normalized spacial score (nSPS) is 18.7. The monoisotopic (exact) mass is 417 g/mol. The van der Waals surface area contributed by atoms with Crippen molar-refractivity contribution in [2.24, 2.45) is 5.92 Å². The molecule has 7 heteroatoms. The van der Waals surface area contributed by atoms with Crippen molar-refractivity contribution >= 4 is 35.0 Å². The zero-order valence-electron chi connectivity index (χ0n) is 16.7. The third-order valence-corrected chi connectivity index (χ3v) is 5.96. The van der Waals surface area contributed by atoms with E-state index in [1.807, 2.05) is 6.92 Å². The smallest absolute Gasteiger partial charge is 0.311 e. The van der Waals surface area contributed by atoms with Gasteiger partial charge < -0.3 is 9.47 Å². The Bertz CT molecular complexity index is 798. The van der Waals surface area contributed by atoms with E-state index in [1.54, 1.807) is 24.3 Å². The lowest BCUT2D eigenvalue weighted by Crippen LogP contribution is -2.17. The van der Waals surface area contributed by atoms with Crippen molar-refractivity contribution in [3.05, 3.63) is 28.7 Å². The number of rotatable bonds is 8. The Hall–Kier alpha value is -2.28. The molecule has 0 atom stereocenters. The van der Waals surface area contributed by atoms with Gasteiger partial charge in [0.2, 0.25) is 0 Å². The average Bonchev–Trinajstić information content (AvgIpc) is 3.01. The average molecular weight is 418 g/mol. The second-order valence-corrected chi connectivity index (χ2v) is 8.38. The number of amides is 2. The molecule has 1 aromatic carbocycles. The molecule has 0 spiro atoms. The summed E-state index contributed by atoms with van der Waals surface area (Å²) in [6.07, 6.45) is 10.5. The van der Waals surface area contributed by atoms with Crippen LogP contribution in [0.5, 0.6) is 11.5 Å². The van der Waals surface area contributed by atoms with Crippen LogP contribution in [0.4, 0.5) is 4.79 Å². The van der Waals surface area contributed by atoms with E-state index in [9.17, 15) is 14.4 Å². The number of hydrogen-bond acceptors (Lipinski definition) is 6. The number of imide groups is 1. The summed E-state index contributed by atoms with van der Waals surface area (Å²) in [5.41, 5.74) is 0.692. The molecule has 1 aliphatic heterocycles. The first kappa shape index (κ1) is 21.4. The number of carbonyl (C=O) groups excluding carboxylic acids is 3. The Morgan fingerprint density at radius 1 is 1.21 bits per heavy atom. The van der Waals surface area contributed by atoms with Gasteiger partial charge in [0.15, 0.2) is 11.5 Å². The molecule has 6 nitrogen and oxygen atoms in total. The molecule has 2 fully saturated rings. The molecular weight excluding hydrogens is 390 g/mol. The number of benzene rings is 1. The molecule has 0 unspecified atom stereocenters. The molecule has 1 aromatic rings. The number of esters is 1. The van der Waals surface area contributed by atoms with Gasteiger partial charge in [-0.15, -0.1) is 0 Å². The lowest BCUT2D eigenvalue weighted by Gasteiger charge is -2.21. The number of ether oxygens (including phenoxy) is 2. The van der Waals surface area contributed by atoms with Crippen LogP contribution in [0.25, 0.3) is 6.08 Å². The second kappa shape index (κ2) is 10.5. The van der Waals surface area contributed by atoms with Crippen molar-refractivity contribution in [3.63, 3.8) is 0 Å². The van der Waals surface area contributed by atoms with E-state index >= 15 is 0 Å². The Labute approximate surface area is 175 Å². The fourth-order valence-electron chi connectivity index (χ4n) is 3.72. The highest BCUT2D eigenvalue weighted by Crippen LogP contribution is 2.32. The van der Waals surface area contributed by atoms with Gasteiger partial charge in [-0.2, -0.15) is 0 Å². The van der Waals surface area contributed by atoms with Crippen LogP contribution in [-0.4, -0.2) is 23.7 Å². The number of carbonyl (C=O) groups is 3. The predicted octanol–water partition coefficient (Wildman–Crippen LogP) is 5.07. The fourth-order valence-corrected chi connectivity index (χ4v) is 4.41. The van der Waals surface area contributed by atoms with Crippen molar-refractivity contribution in [1.82, 2.24) is 5.32 Å². The van der Waals surface area contributed by atoms with Crippen LogP contribution in [0.15, 0.2) is 23.1 Å². The number of nitrogens with one attached hydrogen (secondary N) is 1. The summed E-state index contributed by atoms with van der Waals surface area (Å²) < 4.78 is 11.1. The zero-order chi connectivity index (χ0) is 20.6.